The lowest BCUT2D eigenvalue weighted by atomic mass is 10.3. The highest BCUT2D eigenvalue weighted by Crippen LogP contribution is 2.29. The molecule has 1 aliphatic heterocycles. The van der Waals surface area contributed by atoms with E-state index in [9.17, 15) is 4.79 Å². The van der Waals surface area contributed by atoms with Crippen LogP contribution in [0.15, 0.2) is 22.8 Å². The van der Waals surface area contributed by atoms with Gasteiger partial charge in [0.2, 0.25) is 0 Å². The van der Waals surface area contributed by atoms with Crippen molar-refractivity contribution in [3.63, 3.8) is 0 Å². The number of thiazole rings is 1. The highest BCUT2D eigenvalue weighted by Gasteiger charge is 2.23. The van der Waals surface area contributed by atoms with Crippen molar-refractivity contribution in [1.82, 2.24) is 10.3 Å². The van der Waals surface area contributed by atoms with Crippen molar-refractivity contribution in [1.29, 1.82) is 0 Å². The standard InChI is InChI=1S/C16H21N3O3S/c1-2-21-11-13-14(15(20)17-10-12-6-5-9-22-12)23-16(18-13)19-7-3-4-8-19/h5-6,9H,2-4,7-8,10-11H2,1H3,(H,17,20). The molecule has 0 saturated carbocycles. The van der Waals surface area contributed by atoms with Crippen LogP contribution in [-0.4, -0.2) is 30.6 Å². The number of carbonyl (C=O) groups excluding carboxylic acids is 1. The number of ether oxygens (including phenoxy) is 1. The van der Waals surface area contributed by atoms with Crippen molar-refractivity contribution in [3.8, 4) is 0 Å². The van der Waals surface area contributed by atoms with E-state index in [2.05, 4.69) is 15.2 Å². The summed E-state index contributed by atoms with van der Waals surface area (Å²) in [5, 5.41) is 3.80. The lowest BCUT2D eigenvalue weighted by Gasteiger charge is -2.12. The molecule has 0 radical (unpaired) electrons. The Balaban J connectivity index is 1.73. The fourth-order valence-electron chi connectivity index (χ4n) is 2.52. The van der Waals surface area contributed by atoms with Gasteiger partial charge in [-0.15, -0.1) is 0 Å². The molecule has 7 heteroatoms. The van der Waals surface area contributed by atoms with E-state index < -0.39 is 0 Å². The van der Waals surface area contributed by atoms with E-state index in [1.807, 2.05) is 13.0 Å². The number of furan rings is 1. The third-order valence-corrected chi connectivity index (χ3v) is 4.87. The smallest absolute Gasteiger partial charge is 0.263 e. The van der Waals surface area contributed by atoms with Crippen molar-refractivity contribution in [2.75, 3.05) is 24.6 Å². The summed E-state index contributed by atoms with van der Waals surface area (Å²) in [5.41, 5.74) is 0.718. The Kier molecular flexibility index (Phi) is 5.30. The fraction of sp³-hybridized carbons (Fsp3) is 0.500. The second-order valence-corrected chi connectivity index (χ2v) is 6.34. The molecule has 0 aliphatic carbocycles. The van der Waals surface area contributed by atoms with Crippen molar-refractivity contribution < 1.29 is 13.9 Å². The van der Waals surface area contributed by atoms with Crippen LogP contribution in [0.5, 0.6) is 0 Å². The zero-order chi connectivity index (χ0) is 16.1. The van der Waals surface area contributed by atoms with Crippen LogP contribution in [0.1, 0.15) is 40.9 Å². The predicted octanol–water partition coefficient (Wildman–Crippen LogP) is 2.80. The minimum Gasteiger partial charge on any atom is -0.467 e. The summed E-state index contributed by atoms with van der Waals surface area (Å²) in [6.07, 6.45) is 3.96. The van der Waals surface area contributed by atoms with E-state index in [1.54, 1.807) is 12.3 Å². The van der Waals surface area contributed by atoms with Crippen molar-refractivity contribution >= 4 is 22.4 Å². The third kappa shape index (κ3) is 3.92. The van der Waals surface area contributed by atoms with Gasteiger partial charge in [-0.3, -0.25) is 4.79 Å². The number of hydrogen-bond donors (Lipinski definition) is 1. The minimum atomic E-state index is -0.126. The molecule has 0 bridgehead atoms. The van der Waals surface area contributed by atoms with Crippen LogP contribution in [0.3, 0.4) is 0 Å². The Hall–Kier alpha value is -1.86. The van der Waals surface area contributed by atoms with Crippen molar-refractivity contribution in [3.05, 3.63) is 34.7 Å². The first-order valence-electron chi connectivity index (χ1n) is 7.91. The Morgan fingerprint density at radius 1 is 1.48 bits per heavy atom. The summed E-state index contributed by atoms with van der Waals surface area (Å²) in [5.74, 6) is 0.605. The number of hydrogen-bond acceptors (Lipinski definition) is 6. The van der Waals surface area contributed by atoms with Gasteiger partial charge in [0.1, 0.15) is 10.6 Å². The Bertz CT molecular complexity index is 633. The van der Waals surface area contributed by atoms with Gasteiger partial charge in [0, 0.05) is 19.7 Å². The maximum Gasteiger partial charge on any atom is 0.263 e. The van der Waals surface area contributed by atoms with Gasteiger partial charge in [0.25, 0.3) is 5.91 Å². The van der Waals surface area contributed by atoms with E-state index in [0.717, 1.165) is 29.7 Å². The van der Waals surface area contributed by atoms with Crippen molar-refractivity contribution in [2.45, 2.75) is 32.9 Å². The van der Waals surface area contributed by atoms with Crippen LogP contribution >= 0.6 is 11.3 Å². The molecule has 1 N–H and O–H groups in total. The Morgan fingerprint density at radius 2 is 2.30 bits per heavy atom. The average Bonchev–Trinajstić information content (AvgIpc) is 3.31. The van der Waals surface area contributed by atoms with E-state index >= 15 is 0 Å². The summed E-state index contributed by atoms with van der Waals surface area (Å²) >= 11 is 1.44. The molecule has 23 heavy (non-hydrogen) atoms. The topological polar surface area (TPSA) is 67.6 Å². The number of anilines is 1. The van der Waals surface area contributed by atoms with Gasteiger partial charge >= 0.3 is 0 Å². The SMILES string of the molecule is CCOCc1nc(N2CCCC2)sc1C(=O)NCc1ccco1. The Morgan fingerprint density at radius 3 is 3.00 bits per heavy atom. The molecule has 2 aromatic rings. The summed E-state index contributed by atoms with van der Waals surface area (Å²) < 4.78 is 10.7. The monoisotopic (exact) mass is 335 g/mol. The summed E-state index contributed by atoms with van der Waals surface area (Å²) in [4.78, 5) is 20.0. The number of carbonyl (C=O) groups is 1. The molecule has 3 heterocycles. The number of rotatable bonds is 7. The quantitative estimate of drug-likeness (QED) is 0.843. The molecule has 0 unspecified atom stereocenters. The maximum atomic E-state index is 12.5. The minimum absolute atomic E-state index is 0.126. The lowest BCUT2D eigenvalue weighted by Crippen LogP contribution is -2.22. The molecule has 0 spiro atoms. The molecule has 1 aliphatic rings. The van der Waals surface area contributed by atoms with E-state index in [0.29, 0.717) is 24.6 Å². The fourth-order valence-corrected chi connectivity index (χ4v) is 3.56. The molecule has 1 fully saturated rings. The largest absolute Gasteiger partial charge is 0.467 e. The highest BCUT2D eigenvalue weighted by molar-refractivity contribution is 7.17. The van der Waals surface area contributed by atoms with Gasteiger partial charge in [0.15, 0.2) is 5.13 Å². The molecule has 6 nitrogen and oxygen atoms in total. The van der Waals surface area contributed by atoms with Crippen LogP contribution in [0.2, 0.25) is 0 Å². The predicted molar refractivity (Wildman–Crippen MR) is 88.8 cm³/mol. The number of amides is 1. The first-order chi connectivity index (χ1) is 11.3. The van der Waals surface area contributed by atoms with Gasteiger partial charge in [0.05, 0.1) is 25.1 Å². The maximum absolute atomic E-state index is 12.5. The van der Waals surface area contributed by atoms with Crippen LogP contribution in [0, 0.1) is 0 Å². The van der Waals surface area contributed by atoms with Crippen LogP contribution in [0.4, 0.5) is 5.13 Å². The van der Waals surface area contributed by atoms with Gasteiger partial charge in [-0.05, 0) is 31.9 Å². The summed E-state index contributed by atoms with van der Waals surface area (Å²) in [7, 11) is 0. The second kappa shape index (κ2) is 7.61. The van der Waals surface area contributed by atoms with Gasteiger partial charge in [-0.1, -0.05) is 11.3 Å². The number of aromatic nitrogens is 1. The second-order valence-electron chi connectivity index (χ2n) is 5.37. The zero-order valence-corrected chi connectivity index (χ0v) is 14.0. The first kappa shape index (κ1) is 16.0. The molecular formula is C16H21N3O3S. The molecule has 3 rings (SSSR count). The third-order valence-electron chi connectivity index (χ3n) is 3.72. The van der Waals surface area contributed by atoms with E-state index in [4.69, 9.17) is 9.15 Å². The van der Waals surface area contributed by atoms with Crippen LogP contribution in [-0.2, 0) is 17.9 Å². The molecule has 0 atom stereocenters. The molecule has 124 valence electrons. The number of nitrogens with one attached hydrogen (secondary N) is 1. The van der Waals surface area contributed by atoms with Crippen LogP contribution in [0.25, 0.3) is 0 Å². The number of nitrogens with zero attached hydrogens (tertiary/aromatic N) is 2. The summed E-state index contributed by atoms with van der Waals surface area (Å²) in [6, 6.07) is 3.64. The van der Waals surface area contributed by atoms with E-state index in [-0.39, 0.29) is 5.91 Å². The Labute approximate surface area is 139 Å². The van der Waals surface area contributed by atoms with Crippen LogP contribution < -0.4 is 10.2 Å². The average molecular weight is 335 g/mol. The zero-order valence-electron chi connectivity index (χ0n) is 13.2. The normalized spacial score (nSPS) is 14.4. The molecule has 1 saturated heterocycles. The lowest BCUT2D eigenvalue weighted by molar-refractivity contribution is 0.0941. The van der Waals surface area contributed by atoms with Crippen molar-refractivity contribution in [2.24, 2.45) is 0 Å². The molecule has 1 amide bonds. The van der Waals surface area contributed by atoms with Gasteiger partial charge in [-0.2, -0.15) is 0 Å². The van der Waals surface area contributed by atoms with E-state index in [1.165, 1.54) is 24.2 Å². The molecular weight excluding hydrogens is 314 g/mol. The molecule has 0 aromatic carbocycles. The highest BCUT2D eigenvalue weighted by atomic mass is 32.1. The van der Waals surface area contributed by atoms with Gasteiger partial charge < -0.3 is 19.4 Å². The molecule has 2 aromatic heterocycles. The first-order valence-corrected chi connectivity index (χ1v) is 8.72. The van der Waals surface area contributed by atoms with Gasteiger partial charge in [-0.25, -0.2) is 4.98 Å². The summed E-state index contributed by atoms with van der Waals surface area (Å²) in [6.45, 7) is 5.29.